The number of amides is 2. The van der Waals surface area contributed by atoms with E-state index in [2.05, 4.69) is 27.9 Å². The van der Waals surface area contributed by atoms with Gasteiger partial charge >= 0.3 is 6.09 Å². The van der Waals surface area contributed by atoms with Gasteiger partial charge in [0.25, 0.3) is 5.91 Å². The first-order valence-corrected chi connectivity index (χ1v) is 12.5. The average molecular weight is 586 g/mol. The van der Waals surface area contributed by atoms with Crippen molar-refractivity contribution in [1.82, 2.24) is 5.48 Å². The molecule has 8 nitrogen and oxygen atoms in total. The van der Waals surface area contributed by atoms with Gasteiger partial charge in [-0.1, -0.05) is 6.08 Å². The van der Waals surface area contributed by atoms with Gasteiger partial charge in [-0.05, 0) is 91.1 Å². The minimum absolute atomic E-state index is 0.0163. The molecule has 0 aliphatic heterocycles. The Morgan fingerprint density at radius 3 is 2.58 bits per heavy atom. The van der Waals surface area contributed by atoms with Crippen molar-refractivity contribution in [1.29, 1.82) is 0 Å². The SMILES string of the molecule is CCO[C@@H](CC/C=C/C(=O)NO)[C@@H](OC(=O)Nc1ccc(SC)cc1)c1cc(I)ccc1O. The molecule has 0 saturated carbocycles. The molecule has 0 heterocycles. The van der Waals surface area contributed by atoms with Gasteiger partial charge in [0.05, 0.1) is 6.10 Å². The Bertz CT molecular complexity index is 954. The van der Waals surface area contributed by atoms with Crippen LogP contribution in [0.2, 0.25) is 0 Å². The summed E-state index contributed by atoms with van der Waals surface area (Å²) in [4.78, 5) is 25.0. The second-order valence-electron chi connectivity index (χ2n) is 6.83. The number of carbonyl (C=O) groups is 2. The minimum atomic E-state index is -0.898. The summed E-state index contributed by atoms with van der Waals surface area (Å²) in [5.41, 5.74) is 2.53. The highest BCUT2D eigenvalue weighted by molar-refractivity contribution is 14.1. The molecule has 0 bridgehead atoms. The van der Waals surface area contributed by atoms with Crippen LogP contribution >= 0.6 is 34.4 Å². The fourth-order valence-corrected chi connectivity index (χ4v) is 3.98. The van der Waals surface area contributed by atoms with Crippen molar-refractivity contribution in [2.24, 2.45) is 0 Å². The molecule has 10 heteroatoms. The van der Waals surface area contributed by atoms with Crippen molar-refractivity contribution in [3.05, 3.63) is 63.8 Å². The van der Waals surface area contributed by atoms with Crippen molar-refractivity contribution >= 4 is 52.0 Å². The van der Waals surface area contributed by atoms with Crippen LogP contribution in [0.5, 0.6) is 5.75 Å². The molecule has 0 spiro atoms. The van der Waals surface area contributed by atoms with E-state index in [1.165, 1.54) is 11.6 Å². The fourth-order valence-electron chi connectivity index (χ4n) is 3.05. The van der Waals surface area contributed by atoms with E-state index in [-0.39, 0.29) is 5.75 Å². The average Bonchev–Trinajstić information content (AvgIpc) is 2.81. The number of carbonyl (C=O) groups excluding carboxylic acids is 2. The van der Waals surface area contributed by atoms with Crippen LogP contribution in [-0.2, 0) is 14.3 Å². The normalized spacial score (nSPS) is 12.8. The quantitative estimate of drug-likeness (QED) is 0.0934. The van der Waals surface area contributed by atoms with E-state index in [9.17, 15) is 14.7 Å². The molecule has 2 aromatic carbocycles. The number of allylic oxidation sites excluding steroid dienone is 1. The summed E-state index contributed by atoms with van der Waals surface area (Å²) in [6.07, 6.45) is 3.39. The van der Waals surface area contributed by atoms with Gasteiger partial charge in [0.1, 0.15) is 5.75 Å². The predicted molar refractivity (Wildman–Crippen MR) is 136 cm³/mol. The number of nitrogens with one attached hydrogen (secondary N) is 2. The largest absolute Gasteiger partial charge is 0.508 e. The highest BCUT2D eigenvalue weighted by Gasteiger charge is 2.30. The summed E-state index contributed by atoms with van der Waals surface area (Å²) >= 11 is 3.71. The van der Waals surface area contributed by atoms with E-state index < -0.39 is 24.2 Å². The first kappa shape index (κ1) is 27.0. The number of hydroxylamine groups is 1. The molecule has 2 atom stereocenters. The summed E-state index contributed by atoms with van der Waals surface area (Å²) in [5.74, 6) is -0.657. The zero-order chi connectivity index (χ0) is 24.2. The Morgan fingerprint density at radius 2 is 1.94 bits per heavy atom. The molecule has 0 unspecified atom stereocenters. The molecule has 33 heavy (non-hydrogen) atoms. The van der Waals surface area contributed by atoms with Gasteiger partial charge in [0.2, 0.25) is 0 Å². The number of thioether (sulfide) groups is 1. The summed E-state index contributed by atoms with van der Waals surface area (Å²) in [7, 11) is 0. The number of rotatable bonds is 11. The number of halogens is 1. The number of phenolic OH excluding ortho intramolecular Hbond substituents is 1. The Kier molecular flexibility index (Phi) is 11.5. The molecule has 2 aromatic rings. The smallest absolute Gasteiger partial charge is 0.412 e. The predicted octanol–water partition coefficient (Wildman–Crippen LogP) is 5.26. The van der Waals surface area contributed by atoms with Crippen LogP contribution in [-0.4, -0.2) is 41.3 Å². The third kappa shape index (κ3) is 8.88. The zero-order valence-corrected chi connectivity index (χ0v) is 21.3. The standard InChI is InChI=1S/C23H27IN2O6S/c1-3-31-20(6-4-5-7-21(28)26-30)22(18-14-15(24)8-13-19(18)27)32-23(29)25-16-9-11-17(33-2)12-10-16/h5,7-14,20,22,27,30H,3-4,6H2,1-2H3,(H,25,29)(H,26,28)/b7-5+/t20-,22-/m0/s1. The molecule has 0 aromatic heterocycles. The first-order chi connectivity index (χ1) is 15.9. The van der Waals surface area contributed by atoms with Crippen LogP contribution in [0.1, 0.15) is 31.4 Å². The van der Waals surface area contributed by atoms with Crippen LogP contribution in [0.25, 0.3) is 0 Å². The lowest BCUT2D eigenvalue weighted by atomic mass is 9.99. The van der Waals surface area contributed by atoms with Crippen LogP contribution < -0.4 is 10.8 Å². The third-order valence-corrected chi connectivity index (χ3v) is 6.00. The maximum Gasteiger partial charge on any atom is 0.412 e. The number of hydrogen-bond acceptors (Lipinski definition) is 7. The van der Waals surface area contributed by atoms with E-state index in [0.717, 1.165) is 8.47 Å². The zero-order valence-electron chi connectivity index (χ0n) is 18.3. The Morgan fingerprint density at radius 1 is 1.21 bits per heavy atom. The van der Waals surface area contributed by atoms with Crippen LogP contribution in [0.15, 0.2) is 59.5 Å². The molecule has 0 saturated heterocycles. The van der Waals surface area contributed by atoms with E-state index >= 15 is 0 Å². The number of ether oxygens (including phenoxy) is 2. The highest BCUT2D eigenvalue weighted by Crippen LogP contribution is 2.34. The second-order valence-corrected chi connectivity index (χ2v) is 8.96. The maximum absolute atomic E-state index is 12.7. The molecular weight excluding hydrogens is 559 g/mol. The van der Waals surface area contributed by atoms with Gasteiger partial charge < -0.3 is 14.6 Å². The summed E-state index contributed by atoms with van der Waals surface area (Å²) in [6.45, 7) is 2.18. The van der Waals surface area contributed by atoms with E-state index in [0.29, 0.717) is 30.7 Å². The summed E-state index contributed by atoms with van der Waals surface area (Å²) in [5, 5.41) is 21.8. The van der Waals surface area contributed by atoms with Gasteiger partial charge in [-0.25, -0.2) is 10.3 Å². The van der Waals surface area contributed by atoms with Crippen LogP contribution in [0.4, 0.5) is 10.5 Å². The van der Waals surface area contributed by atoms with Crippen molar-refractivity contribution in [2.75, 3.05) is 18.2 Å². The third-order valence-electron chi connectivity index (χ3n) is 4.58. The van der Waals surface area contributed by atoms with Gasteiger partial charge in [-0.3, -0.25) is 15.3 Å². The van der Waals surface area contributed by atoms with Gasteiger partial charge in [0, 0.05) is 32.4 Å². The lowest BCUT2D eigenvalue weighted by molar-refractivity contribution is -0.124. The van der Waals surface area contributed by atoms with Crippen LogP contribution in [0.3, 0.4) is 0 Å². The molecule has 2 rings (SSSR count). The molecule has 2 amide bonds. The van der Waals surface area contributed by atoms with E-state index in [1.807, 2.05) is 25.3 Å². The number of anilines is 1. The van der Waals surface area contributed by atoms with Gasteiger partial charge in [-0.2, -0.15) is 0 Å². The fraction of sp³-hybridized carbons (Fsp3) is 0.304. The second kappa shape index (κ2) is 14.1. The number of benzene rings is 2. The van der Waals surface area contributed by atoms with E-state index in [1.54, 1.807) is 48.2 Å². The molecule has 0 aliphatic carbocycles. The Balaban J connectivity index is 2.24. The maximum atomic E-state index is 12.7. The van der Waals surface area contributed by atoms with Crippen molar-refractivity contribution in [2.45, 2.75) is 36.9 Å². The van der Waals surface area contributed by atoms with Crippen molar-refractivity contribution in [3.63, 3.8) is 0 Å². The summed E-state index contributed by atoms with van der Waals surface area (Å²) in [6, 6.07) is 12.4. The molecule has 0 radical (unpaired) electrons. The molecule has 0 aliphatic rings. The lowest BCUT2D eigenvalue weighted by Gasteiger charge is -2.28. The monoisotopic (exact) mass is 586 g/mol. The van der Waals surface area contributed by atoms with Gasteiger partial charge in [0.15, 0.2) is 6.10 Å². The Hall–Kier alpha value is -2.28. The molecule has 4 N–H and O–H groups in total. The highest BCUT2D eigenvalue weighted by atomic mass is 127. The van der Waals surface area contributed by atoms with E-state index in [4.69, 9.17) is 14.7 Å². The summed E-state index contributed by atoms with van der Waals surface area (Å²) < 4.78 is 12.5. The number of aromatic hydroxyl groups is 1. The molecule has 0 fully saturated rings. The number of phenols is 1. The Labute approximate surface area is 210 Å². The lowest BCUT2D eigenvalue weighted by Crippen LogP contribution is -2.29. The first-order valence-electron chi connectivity index (χ1n) is 10.2. The molecular formula is C23H27IN2O6S. The van der Waals surface area contributed by atoms with Crippen molar-refractivity contribution in [3.8, 4) is 5.75 Å². The van der Waals surface area contributed by atoms with Crippen molar-refractivity contribution < 1.29 is 29.4 Å². The number of hydrogen-bond donors (Lipinski definition) is 4. The van der Waals surface area contributed by atoms with Gasteiger partial charge in [-0.15, -0.1) is 11.8 Å². The minimum Gasteiger partial charge on any atom is -0.508 e. The topological polar surface area (TPSA) is 117 Å². The molecule has 178 valence electrons. The van der Waals surface area contributed by atoms with Crippen LogP contribution in [0, 0.1) is 3.57 Å².